The van der Waals surface area contributed by atoms with Gasteiger partial charge in [-0.25, -0.2) is 5.84 Å². The summed E-state index contributed by atoms with van der Waals surface area (Å²) in [5, 5.41) is 3.22. The molecule has 0 aliphatic rings. The number of aryl methyl sites for hydroxylation is 2. The maximum atomic E-state index is 5.48. The Morgan fingerprint density at radius 1 is 1.37 bits per heavy atom. The number of nitrogens with zero attached hydrogens (tertiary/aromatic N) is 1. The van der Waals surface area contributed by atoms with Crippen molar-refractivity contribution in [1.82, 2.24) is 5.43 Å². The second-order valence-electron chi connectivity index (χ2n) is 4.26. The lowest BCUT2D eigenvalue weighted by atomic mass is 10.1. The van der Waals surface area contributed by atoms with Gasteiger partial charge in [-0.05, 0) is 43.5 Å². The highest BCUT2D eigenvalue weighted by atomic mass is 79.9. The van der Waals surface area contributed by atoms with Gasteiger partial charge in [-0.2, -0.15) is 0 Å². The van der Waals surface area contributed by atoms with E-state index in [1.807, 2.05) is 26.0 Å². The molecule has 1 aromatic carbocycles. The van der Waals surface area contributed by atoms with E-state index in [1.165, 1.54) is 0 Å². The third-order valence-electron chi connectivity index (χ3n) is 2.65. The van der Waals surface area contributed by atoms with E-state index in [2.05, 4.69) is 31.7 Å². The van der Waals surface area contributed by atoms with Crippen LogP contribution in [0.4, 0.5) is 5.69 Å². The van der Waals surface area contributed by atoms with E-state index in [9.17, 15) is 0 Å². The number of aliphatic imine (C=N–C) groups is 1. The van der Waals surface area contributed by atoms with Gasteiger partial charge in [0.25, 0.3) is 0 Å². The summed E-state index contributed by atoms with van der Waals surface area (Å²) in [7, 11) is 1.68. The summed E-state index contributed by atoms with van der Waals surface area (Å²) >= 11 is 3.48. The van der Waals surface area contributed by atoms with Crippen LogP contribution in [-0.2, 0) is 4.74 Å². The number of benzene rings is 1. The molecule has 0 aromatic heterocycles. The van der Waals surface area contributed by atoms with Gasteiger partial charge in [-0.3, -0.25) is 10.4 Å². The first-order chi connectivity index (χ1) is 9.08. The molecular weight excluding hydrogens is 308 g/mol. The van der Waals surface area contributed by atoms with Gasteiger partial charge in [0, 0.05) is 30.4 Å². The largest absolute Gasteiger partial charge is 0.385 e. The van der Waals surface area contributed by atoms with Crippen molar-refractivity contribution in [2.24, 2.45) is 10.8 Å². The highest BCUT2D eigenvalue weighted by Gasteiger charge is 2.06. The molecule has 1 rings (SSSR count). The maximum absolute atomic E-state index is 5.48. The number of rotatable bonds is 5. The lowest BCUT2D eigenvalue weighted by molar-refractivity contribution is 0.197. The van der Waals surface area contributed by atoms with E-state index in [0.717, 1.165) is 27.7 Å². The average Bonchev–Trinajstić information content (AvgIpc) is 2.36. The Balaban J connectivity index is 2.75. The number of ether oxygens (including phenoxy) is 1. The Hall–Kier alpha value is -1.11. The Morgan fingerprint density at radius 2 is 2.00 bits per heavy atom. The van der Waals surface area contributed by atoms with Crippen LogP contribution in [0.2, 0.25) is 0 Å². The predicted octanol–water partition coefficient (Wildman–Crippen LogP) is 2.33. The fourth-order valence-electron chi connectivity index (χ4n) is 1.75. The van der Waals surface area contributed by atoms with Gasteiger partial charge in [0.2, 0.25) is 5.96 Å². The Labute approximate surface area is 122 Å². The Bertz CT molecular complexity index is 425. The average molecular weight is 329 g/mol. The van der Waals surface area contributed by atoms with Crippen molar-refractivity contribution in [3.05, 3.63) is 27.7 Å². The van der Waals surface area contributed by atoms with E-state index in [0.29, 0.717) is 19.1 Å². The van der Waals surface area contributed by atoms with E-state index in [-0.39, 0.29) is 0 Å². The third kappa shape index (κ3) is 5.18. The Morgan fingerprint density at radius 3 is 2.53 bits per heavy atom. The molecule has 4 N–H and O–H groups in total. The van der Waals surface area contributed by atoms with Crippen LogP contribution < -0.4 is 16.6 Å². The third-order valence-corrected chi connectivity index (χ3v) is 3.11. The highest BCUT2D eigenvalue weighted by Crippen LogP contribution is 2.24. The number of hydrogen-bond donors (Lipinski definition) is 3. The second-order valence-corrected chi connectivity index (χ2v) is 5.18. The summed E-state index contributed by atoms with van der Waals surface area (Å²) in [6.45, 7) is 5.44. The summed E-state index contributed by atoms with van der Waals surface area (Å²) in [5.41, 5.74) is 5.87. The molecule has 106 valence electrons. The molecule has 0 heterocycles. The minimum Gasteiger partial charge on any atom is -0.385 e. The molecule has 0 radical (unpaired) electrons. The first kappa shape index (κ1) is 15.9. The van der Waals surface area contributed by atoms with E-state index < -0.39 is 0 Å². The van der Waals surface area contributed by atoms with Crippen molar-refractivity contribution in [1.29, 1.82) is 0 Å². The number of guanidine groups is 1. The lowest BCUT2D eigenvalue weighted by Gasteiger charge is -2.14. The molecule has 0 aliphatic heterocycles. The summed E-state index contributed by atoms with van der Waals surface area (Å²) in [6.07, 6.45) is 0.863. The van der Waals surface area contributed by atoms with Gasteiger partial charge in [0.1, 0.15) is 0 Å². The molecule has 6 heteroatoms. The molecule has 19 heavy (non-hydrogen) atoms. The molecule has 1 aromatic rings. The van der Waals surface area contributed by atoms with Crippen LogP contribution in [0.25, 0.3) is 0 Å². The fraction of sp³-hybridized carbons (Fsp3) is 0.462. The highest BCUT2D eigenvalue weighted by molar-refractivity contribution is 9.10. The van der Waals surface area contributed by atoms with Gasteiger partial charge in [-0.1, -0.05) is 15.9 Å². The molecule has 0 bridgehead atoms. The van der Waals surface area contributed by atoms with Gasteiger partial charge in [0.05, 0.1) is 0 Å². The molecule has 0 unspecified atom stereocenters. The topological polar surface area (TPSA) is 71.7 Å². The lowest BCUT2D eigenvalue weighted by Crippen LogP contribution is -2.36. The van der Waals surface area contributed by atoms with Crippen molar-refractivity contribution < 1.29 is 4.74 Å². The van der Waals surface area contributed by atoms with E-state index >= 15 is 0 Å². The number of nitrogens with one attached hydrogen (secondary N) is 2. The molecule has 0 saturated carbocycles. The zero-order chi connectivity index (χ0) is 14.3. The molecule has 0 atom stereocenters. The molecule has 0 spiro atoms. The zero-order valence-corrected chi connectivity index (χ0v) is 13.2. The van der Waals surface area contributed by atoms with Gasteiger partial charge >= 0.3 is 0 Å². The number of methoxy groups -OCH3 is 1. The molecule has 0 saturated heterocycles. The quantitative estimate of drug-likeness (QED) is 0.255. The van der Waals surface area contributed by atoms with Crippen LogP contribution in [0.5, 0.6) is 0 Å². The van der Waals surface area contributed by atoms with Crippen molar-refractivity contribution in [2.75, 3.05) is 25.6 Å². The smallest absolute Gasteiger partial charge is 0.210 e. The summed E-state index contributed by atoms with van der Waals surface area (Å²) in [6, 6.07) is 4.10. The number of anilines is 1. The van der Waals surface area contributed by atoms with Gasteiger partial charge in [0.15, 0.2) is 0 Å². The zero-order valence-electron chi connectivity index (χ0n) is 11.6. The molecule has 5 nitrogen and oxygen atoms in total. The van der Waals surface area contributed by atoms with Crippen LogP contribution >= 0.6 is 15.9 Å². The summed E-state index contributed by atoms with van der Waals surface area (Å²) < 4.78 is 6.04. The molecular formula is C13H21BrN4O. The maximum Gasteiger partial charge on any atom is 0.210 e. The van der Waals surface area contributed by atoms with Crippen molar-refractivity contribution in [2.45, 2.75) is 20.3 Å². The SMILES string of the molecule is COCCCN=C(NN)Nc1c(C)cc(Br)cc1C. The van der Waals surface area contributed by atoms with Crippen molar-refractivity contribution in [3.63, 3.8) is 0 Å². The number of nitrogens with two attached hydrogens (primary N) is 1. The van der Waals surface area contributed by atoms with Crippen LogP contribution in [0.1, 0.15) is 17.5 Å². The minimum atomic E-state index is 0.560. The van der Waals surface area contributed by atoms with Gasteiger partial charge < -0.3 is 10.1 Å². The molecule has 0 aliphatic carbocycles. The normalized spacial score (nSPS) is 11.5. The van der Waals surface area contributed by atoms with Crippen molar-refractivity contribution >= 4 is 27.6 Å². The molecule has 0 fully saturated rings. The van der Waals surface area contributed by atoms with E-state index in [1.54, 1.807) is 7.11 Å². The minimum absolute atomic E-state index is 0.560. The van der Waals surface area contributed by atoms with Crippen molar-refractivity contribution in [3.8, 4) is 0 Å². The predicted molar refractivity (Wildman–Crippen MR) is 83.4 cm³/mol. The monoisotopic (exact) mass is 328 g/mol. The van der Waals surface area contributed by atoms with Crippen LogP contribution in [0, 0.1) is 13.8 Å². The van der Waals surface area contributed by atoms with E-state index in [4.69, 9.17) is 10.6 Å². The Kier molecular flexibility index (Phi) is 6.83. The first-order valence-electron chi connectivity index (χ1n) is 6.12. The number of hydrogen-bond acceptors (Lipinski definition) is 3. The van der Waals surface area contributed by atoms with Crippen LogP contribution in [0.15, 0.2) is 21.6 Å². The number of halogens is 1. The summed E-state index contributed by atoms with van der Waals surface area (Å²) in [4.78, 5) is 4.36. The molecule has 0 amide bonds. The second kappa shape index (κ2) is 8.14. The van der Waals surface area contributed by atoms with Gasteiger partial charge in [-0.15, -0.1) is 0 Å². The van der Waals surface area contributed by atoms with Crippen LogP contribution in [0.3, 0.4) is 0 Å². The van der Waals surface area contributed by atoms with Crippen LogP contribution in [-0.4, -0.2) is 26.2 Å². The summed E-state index contributed by atoms with van der Waals surface area (Å²) in [5.74, 6) is 6.04. The fourth-order valence-corrected chi connectivity index (χ4v) is 2.43. The standard InChI is InChI=1S/C13H21BrN4O/c1-9-7-11(14)8-10(2)12(9)17-13(18-15)16-5-4-6-19-3/h7-8H,4-6,15H2,1-3H3,(H2,16,17,18). The number of hydrazine groups is 1. The first-order valence-corrected chi connectivity index (χ1v) is 6.91.